The molecule has 0 N–H and O–H groups in total. The van der Waals surface area contributed by atoms with E-state index in [1.165, 1.54) is 6.07 Å². The van der Waals surface area contributed by atoms with Crippen LogP contribution < -0.4 is 5.56 Å². The first-order chi connectivity index (χ1) is 15.1. The molecule has 1 aliphatic heterocycles. The molecular formula is C24H25ClF3N3O. The van der Waals surface area contributed by atoms with E-state index >= 15 is 0 Å². The van der Waals surface area contributed by atoms with Crippen molar-refractivity contribution in [1.82, 2.24) is 14.5 Å². The molecule has 0 unspecified atom stereocenters. The van der Waals surface area contributed by atoms with Gasteiger partial charge in [-0.2, -0.15) is 13.2 Å². The predicted octanol–water partition coefficient (Wildman–Crippen LogP) is 5.86. The first-order valence-corrected chi connectivity index (χ1v) is 11.1. The van der Waals surface area contributed by atoms with E-state index in [9.17, 15) is 18.0 Å². The summed E-state index contributed by atoms with van der Waals surface area (Å²) in [6.45, 7) is 6.98. The molecule has 4 nitrogen and oxygen atoms in total. The molecular weight excluding hydrogens is 439 g/mol. The Kier molecular flexibility index (Phi) is 6.32. The van der Waals surface area contributed by atoms with Gasteiger partial charge in [0.1, 0.15) is 0 Å². The minimum absolute atomic E-state index is 0.0145. The highest BCUT2D eigenvalue weighted by Gasteiger charge is 2.31. The Morgan fingerprint density at radius 2 is 1.97 bits per heavy atom. The van der Waals surface area contributed by atoms with Crippen LogP contribution in [-0.4, -0.2) is 33.6 Å². The molecule has 1 fully saturated rings. The molecule has 3 aromatic rings. The highest BCUT2D eigenvalue weighted by Crippen LogP contribution is 2.36. The lowest BCUT2D eigenvalue weighted by Gasteiger charge is -2.35. The van der Waals surface area contributed by atoms with Crippen molar-refractivity contribution in [3.63, 3.8) is 0 Å². The van der Waals surface area contributed by atoms with Crippen LogP contribution in [0.25, 0.3) is 22.0 Å². The summed E-state index contributed by atoms with van der Waals surface area (Å²) in [5, 5.41) is 0.414. The number of hydrogen-bond acceptors (Lipinski definition) is 3. The number of alkyl halides is 3. The Hall–Kier alpha value is -2.38. The Morgan fingerprint density at radius 3 is 2.66 bits per heavy atom. The van der Waals surface area contributed by atoms with Gasteiger partial charge >= 0.3 is 6.18 Å². The molecule has 32 heavy (non-hydrogen) atoms. The molecule has 1 atom stereocenters. The van der Waals surface area contributed by atoms with Crippen LogP contribution in [0.15, 0.2) is 47.5 Å². The molecule has 0 spiro atoms. The Labute approximate surface area is 189 Å². The van der Waals surface area contributed by atoms with E-state index in [4.69, 9.17) is 11.6 Å². The summed E-state index contributed by atoms with van der Waals surface area (Å²) in [7, 11) is 0. The van der Waals surface area contributed by atoms with Crippen LogP contribution in [0.5, 0.6) is 0 Å². The molecule has 2 heterocycles. The van der Waals surface area contributed by atoms with Gasteiger partial charge in [-0.05, 0) is 69.0 Å². The fourth-order valence-corrected chi connectivity index (χ4v) is 4.67. The Balaban J connectivity index is 1.66. The zero-order valence-electron chi connectivity index (χ0n) is 18.0. The number of aromatic nitrogens is 2. The largest absolute Gasteiger partial charge is 0.416 e. The molecule has 0 bridgehead atoms. The van der Waals surface area contributed by atoms with E-state index in [2.05, 4.69) is 23.7 Å². The lowest BCUT2D eigenvalue weighted by molar-refractivity contribution is -0.137. The minimum Gasteiger partial charge on any atom is -0.301 e. The summed E-state index contributed by atoms with van der Waals surface area (Å²) in [5.41, 5.74) is 0.610. The third-order valence-corrected chi connectivity index (χ3v) is 6.48. The van der Waals surface area contributed by atoms with E-state index in [-0.39, 0.29) is 10.6 Å². The van der Waals surface area contributed by atoms with Gasteiger partial charge in [0.15, 0.2) is 0 Å². The molecule has 0 amide bonds. The van der Waals surface area contributed by atoms with Gasteiger partial charge in [0.05, 0.1) is 22.8 Å². The smallest absolute Gasteiger partial charge is 0.301 e. The molecule has 1 aromatic heterocycles. The second-order valence-electron chi connectivity index (χ2n) is 8.72. The van der Waals surface area contributed by atoms with Gasteiger partial charge in [-0.1, -0.05) is 23.7 Å². The number of rotatable bonds is 4. The van der Waals surface area contributed by atoms with Crippen molar-refractivity contribution < 1.29 is 13.2 Å². The van der Waals surface area contributed by atoms with E-state index in [0.29, 0.717) is 40.5 Å². The van der Waals surface area contributed by atoms with Crippen molar-refractivity contribution >= 4 is 22.5 Å². The van der Waals surface area contributed by atoms with Crippen LogP contribution >= 0.6 is 11.6 Å². The van der Waals surface area contributed by atoms with Crippen molar-refractivity contribution in [2.75, 3.05) is 13.1 Å². The van der Waals surface area contributed by atoms with Crippen LogP contribution in [0.3, 0.4) is 0 Å². The third-order valence-electron chi connectivity index (χ3n) is 6.17. The number of fused-ring (bicyclic) bond motifs is 1. The van der Waals surface area contributed by atoms with Gasteiger partial charge in [-0.3, -0.25) is 9.36 Å². The molecule has 1 saturated heterocycles. The van der Waals surface area contributed by atoms with Crippen molar-refractivity contribution in [3.05, 3.63) is 63.7 Å². The quantitative estimate of drug-likeness (QED) is 0.486. The van der Waals surface area contributed by atoms with Crippen molar-refractivity contribution in [2.24, 2.45) is 5.92 Å². The minimum atomic E-state index is -4.46. The summed E-state index contributed by atoms with van der Waals surface area (Å²) >= 11 is 6.16. The lowest BCUT2D eigenvalue weighted by Crippen LogP contribution is -2.42. The van der Waals surface area contributed by atoms with E-state index in [1.54, 1.807) is 29.1 Å². The molecule has 4 rings (SSSR count). The van der Waals surface area contributed by atoms with Crippen molar-refractivity contribution in [1.29, 1.82) is 0 Å². The fraction of sp³-hybridized carbons (Fsp3) is 0.417. The van der Waals surface area contributed by atoms with Crippen LogP contribution in [0.1, 0.15) is 32.3 Å². The zero-order chi connectivity index (χ0) is 23.0. The van der Waals surface area contributed by atoms with Gasteiger partial charge in [0, 0.05) is 29.7 Å². The van der Waals surface area contributed by atoms with E-state index in [0.717, 1.165) is 38.1 Å². The number of likely N-dealkylation sites (tertiary alicyclic amines) is 1. The number of piperidine rings is 1. The highest BCUT2D eigenvalue weighted by atomic mass is 35.5. The normalized spacial score (nSPS) is 17.9. The second kappa shape index (κ2) is 8.87. The zero-order valence-corrected chi connectivity index (χ0v) is 18.7. The fourth-order valence-electron chi connectivity index (χ4n) is 4.38. The molecule has 0 aliphatic carbocycles. The maximum Gasteiger partial charge on any atom is 0.416 e. The lowest BCUT2D eigenvalue weighted by atomic mass is 9.97. The van der Waals surface area contributed by atoms with Crippen LogP contribution in [0.4, 0.5) is 13.2 Å². The monoisotopic (exact) mass is 463 g/mol. The van der Waals surface area contributed by atoms with Crippen LogP contribution in [0, 0.1) is 5.92 Å². The molecule has 8 heteroatoms. The first kappa shape index (κ1) is 22.8. The van der Waals surface area contributed by atoms with E-state index < -0.39 is 11.7 Å². The summed E-state index contributed by atoms with van der Waals surface area (Å²) in [6, 6.07) is 8.80. The van der Waals surface area contributed by atoms with Gasteiger partial charge in [-0.25, -0.2) is 4.98 Å². The second-order valence-corrected chi connectivity index (χ2v) is 9.13. The van der Waals surface area contributed by atoms with Gasteiger partial charge in [0.2, 0.25) is 0 Å². The predicted molar refractivity (Wildman–Crippen MR) is 121 cm³/mol. The Morgan fingerprint density at radius 1 is 1.19 bits per heavy atom. The SMILES string of the molecule is CC(C)N1CCC[C@H](Cn2cnc3ccc(-c4ccc(C(F)(F)F)cc4Cl)cc3c2=O)C1. The molecule has 0 radical (unpaired) electrons. The number of hydrogen-bond donors (Lipinski definition) is 0. The summed E-state index contributed by atoms with van der Waals surface area (Å²) < 4.78 is 40.5. The average molecular weight is 464 g/mol. The molecule has 0 saturated carbocycles. The highest BCUT2D eigenvalue weighted by molar-refractivity contribution is 6.33. The van der Waals surface area contributed by atoms with Gasteiger partial charge in [-0.15, -0.1) is 0 Å². The summed E-state index contributed by atoms with van der Waals surface area (Å²) in [5.74, 6) is 0.371. The molecule has 2 aromatic carbocycles. The molecule has 1 aliphatic rings. The maximum atomic E-state index is 13.2. The molecule has 170 valence electrons. The Bertz CT molecular complexity index is 1190. The van der Waals surface area contributed by atoms with Crippen LogP contribution in [0.2, 0.25) is 5.02 Å². The summed E-state index contributed by atoms with van der Waals surface area (Å²) in [6.07, 6.45) is -0.707. The van der Waals surface area contributed by atoms with Crippen molar-refractivity contribution in [2.45, 2.75) is 45.5 Å². The standard InChI is InChI=1S/C24H25ClF3N3O/c1-15(2)30-9-3-4-16(12-30)13-31-14-29-22-8-5-17(10-20(22)23(31)32)19-7-6-18(11-21(19)25)24(26,27)28/h5-8,10-11,14-16H,3-4,9,12-13H2,1-2H3/t16-/m0/s1. The van der Waals surface area contributed by atoms with Crippen molar-refractivity contribution in [3.8, 4) is 11.1 Å². The number of halogens is 4. The maximum absolute atomic E-state index is 13.2. The van der Waals surface area contributed by atoms with E-state index in [1.807, 2.05) is 0 Å². The van der Waals surface area contributed by atoms with Gasteiger partial charge in [0.25, 0.3) is 5.56 Å². The topological polar surface area (TPSA) is 38.1 Å². The third kappa shape index (κ3) is 4.69. The number of nitrogens with zero attached hydrogens (tertiary/aromatic N) is 3. The van der Waals surface area contributed by atoms with Gasteiger partial charge < -0.3 is 4.90 Å². The first-order valence-electron chi connectivity index (χ1n) is 10.7. The van der Waals surface area contributed by atoms with Crippen LogP contribution in [-0.2, 0) is 12.7 Å². The average Bonchev–Trinajstić information content (AvgIpc) is 2.75. The summed E-state index contributed by atoms with van der Waals surface area (Å²) in [4.78, 5) is 20.1. The number of benzene rings is 2.